The summed E-state index contributed by atoms with van der Waals surface area (Å²) in [7, 11) is 0. The van der Waals surface area contributed by atoms with Crippen LogP contribution in [-0.2, 0) is 9.53 Å². The molecule has 6 nitrogen and oxygen atoms in total. The summed E-state index contributed by atoms with van der Waals surface area (Å²) in [4.78, 5) is 23.0. The van der Waals surface area contributed by atoms with Gasteiger partial charge in [-0.3, -0.25) is 4.79 Å². The van der Waals surface area contributed by atoms with Gasteiger partial charge in [-0.05, 0) is 35.4 Å². The van der Waals surface area contributed by atoms with E-state index in [1.807, 2.05) is 0 Å². The van der Waals surface area contributed by atoms with Crippen molar-refractivity contribution in [3.8, 4) is 0 Å². The van der Waals surface area contributed by atoms with Crippen LogP contribution in [-0.4, -0.2) is 24.6 Å². The number of rotatable bonds is 6. The lowest BCUT2D eigenvalue weighted by Crippen LogP contribution is -2.45. The topological polar surface area (TPSA) is 107 Å². The van der Waals surface area contributed by atoms with E-state index in [2.05, 4.69) is 10.1 Å². The normalized spacial score (nSPS) is 11.4. The molecule has 0 aliphatic heterocycles. The molecule has 0 heterocycles. The second-order valence-corrected chi connectivity index (χ2v) is 6.15. The van der Waals surface area contributed by atoms with Crippen molar-refractivity contribution in [2.45, 2.75) is 12.1 Å². The first-order chi connectivity index (χ1) is 11.9. The highest BCUT2D eigenvalue weighted by atomic mass is 35.5. The Morgan fingerprint density at radius 1 is 0.962 bits per heavy atom. The fraction of sp³-hybridized carbons (Fsp3) is 0.176. The van der Waals surface area contributed by atoms with Crippen molar-refractivity contribution in [3.05, 3.63) is 69.7 Å². The van der Waals surface area contributed by atoms with E-state index in [0.717, 1.165) is 11.1 Å². The summed E-state index contributed by atoms with van der Waals surface area (Å²) in [6, 6.07) is 12.6. The molecule has 0 aromatic heterocycles. The number of nitrogens with two attached hydrogens (primary N) is 2. The van der Waals surface area contributed by atoms with Crippen molar-refractivity contribution in [2.75, 3.05) is 6.61 Å². The molecule has 5 N–H and O–H groups in total. The summed E-state index contributed by atoms with van der Waals surface area (Å²) in [5.41, 5.74) is 12.2. The quantitative estimate of drug-likeness (QED) is 0.670. The van der Waals surface area contributed by atoms with Gasteiger partial charge < -0.3 is 21.5 Å². The molecule has 9 heteroatoms. The molecule has 140 valence electrons. The Balaban J connectivity index is 0.00000338. The number of carbonyl (C=O) groups is 2. The van der Waals surface area contributed by atoms with Gasteiger partial charge >= 0.3 is 6.09 Å². The fourth-order valence-electron chi connectivity index (χ4n) is 2.17. The van der Waals surface area contributed by atoms with Crippen LogP contribution in [0.15, 0.2) is 48.5 Å². The second kappa shape index (κ2) is 10.2. The largest absolute Gasteiger partial charge is 0.447 e. The van der Waals surface area contributed by atoms with E-state index in [-0.39, 0.29) is 19.0 Å². The van der Waals surface area contributed by atoms with Gasteiger partial charge in [-0.25, -0.2) is 4.79 Å². The first kappa shape index (κ1) is 22.1. The van der Waals surface area contributed by atoms with Gasteiger partial charge in [-0.2, -0.15) is 0 Å². The zero-order valence-electron chi connectivity index (χ0n) is 13.5. The first-order valence-electron chi connectivity index (χ1n) is 7.36. The van der Waals surface area contributed by atoms with E-state index < -0.39 is 24.1 Å². The number of benzene rings is 2. The number of hydrogen-bond acceptors (Lipinski definition) is 4. The third-order valence-electron chi connectivity index (χ3n) is 3.44. The molecule has 0 fully saturated rings. The highest BCUT2D eigenvalue weighted by Gasteiger charge is 2.22. The van der Waals surface area contributed by atoms with Crippen molar-refractivity contribution in [3.63, 3.8) is 0 Å². The van der Waals surface area contributed by atoms with Gasteiger partial charge in [-0.1, -0.05) is 47.5 Å². The van der Waals surface area contributed by atoms with Crippen LogP contribution in [0.2, 0.25) is 10.0 Å². The van der Waals surface area contributed by atoms with Crippen molar-refractivity contribution < 1.29 is 14.3 Å². The van der Waals surface area contributed by atoms with Crippen molar-refractivity contribution in [2.24, 2.45) is 11.5 Å². The Labute approximate surface area is 167 Å². The van der Waals surface area contributed by atoms with Gasteiger partial charge in [0.1, 0.15) is 12.6 Å². The van der Waals surface area contributed by atoms with Crippen molar-refractivity contribution in [1.29, 1.82) is 0 Å². The van der Waals surface area contributed by atoms with Crippen LogP contribution >= 0.6 is 35.6 Å². The van der Waals surface area contributed by atoms with Gasteiger partial charge in [0, 0.05) is 10.0 Å². The number of hydrogen-bond donors (Lipinski definition) is 3. The van der Waals surface area contributed by atoms with E-state index in [1.54, 1.807) is 48.5 Å². The van der Waals surface area contributed by atoms with Gasteiger partial charge in [0.2, 0.25) is 5.91 Å². The zero-order valence-corrected chi connectivity index (χ0v) is 15.9. The lowest BCUT2D eigenvalue weighted by molar-refractivity contribution is -0.123. The maximum atomic E-state index is 12.3. The monoisotopic (exact) mass is 417 g/mol. The number of carbonyl (C=O) groups excluding carboxylic acids is 2. The molecule has 0 aliphatic carbocycles. The predicted molar refractivity (Wildman–Crippen MR) is 104 cm³/mol. The Kier molecular flexibility index (Phi) is 8.68. The third kappa shape index (κ3) is 6.38. The van der Waals surface area contributed by atoms with E-state index in [1.165, 1.54) is 0 Å². The fourth-order valence-corrected chi connectivity index (χ4v) is 2.42. The van der Waals surface area contributed by atoms with Crippen molar-refractivity contribution in [1.82, 2.24) is 5.32 Å². The van der Waals surface area contributed by atoms with Crippen LogP contribution in [0.4, 0.5) is 4.79 Å². The first-order valence-corrected chi connectivity index (χ1v) is 8.11. The molecule has 0 radical (unpaired) electrons. The number of amides is 2. The van der Waals surface area contributed by atoms with Gasteiger partial charge in [0.25, 0.3) is 0 Å². The van der Waals surface area contributed by atoms with Crippen LogP contribution in [0.25, 0.3) is 0 Å². The SMILES string of the molecule is Cl.NC(=O)OCC(N)C(=O)NC(c1ccc(Cl)cc1)c1ccc(Cl)cc1. The molecular formula is C17H18Cl3N3O3. The van der Waals surface area contributed by atoms with Crippen LogP contribution < -0.4 is 16.8 Å². The number of nitrogens with one attached hydrogen (secondary N) is 1. The zero-order chi connectivity index (χ0) is 18.4. The average Bonchev–Trinajstić information content (AvgIpc) is 2.59. The molecule has 2 aromatic carbocycles. The Morgan fingerprint density at radius 3 is 1.77 bits per heavy atom. The molecule has 0 spiro atoms. The average molecular weight is 419 g/mol. The van der Waals surface area contributed by atoms with Crippen molar-refractivity contribution >= 4 is 47.6 Å². The molecule has 2 rings (SSSR count). The van der Waals surface area contributed by atoms with Gasteiger partial charge in [0.05, 0.1) is 6.04 Å². The Morgan fingerprint density at radius 2 is 1.38 bits per heavy atom. The molecule has 2 aromatic rings. The molecule has 2 amide bonds. The minimum Gasteiger partial charge on any atom is -0.447 e. The van der Waals surface area contributed by atoms with E-state index in [4.69, 9.17) is 34.7 Å². The summed E-state index contributed by atoms with van der Waals surface area (Å²) in [5.74, 6) is -0.490. The smallest absolute Gasteiger partial charge is 0.404 e. The van der Waals surface area contributed by atoms with Crippen LogP contribution in [0.5, 0.6) is 0 Å². The summed E-state index contributed by atoms with van der Waals surface area (Å²) in [6.07, 6.45) is -0.991. The van der Waals surface area contributed by atoms with Crippen LogP contribution in [0, 0.1) is 0 Å². The molecule has 26 heavy (non-hydrogen) atoms. The second-order valence-electron chi connectivity index (χ2n) is 5.28. The molecule has 0 saturated carbocycles. The Hall–Kier alpha value is -1.99. The number of ether oxygens (including phenoxy) is 1. The lowest BCUT2D eigenvalue weighted by atomic mass is 9.98. The highest BCUT2D eigenvalue weighted by Crippen LogP contribution is 2.25. The maximum absolute atomic E-state index is 12.3. The molecule has 1 atom stereocenters. The summed E-state index contributed by atoms with van der Waals surface area (Å²) in [5, 5.41) is 3.99. The molecule has 0 saturated heterocycles. The molecule has 0 aliphatic rings. The number of primary amides is 1. The van der Waals surface area contributed by atoms with E-state index in [0.29, 0.717) is 10.0 Å². The lowest BCUT2D eigenvalue weighted by Gasteiger charge is -2.22. The van der Waals surface area contributed by atoms with Gasteiger partial charge in [-0.15, -0.1) is 12.4 Å². The van der Waals surface area contributed by atoms with E-state index in [9.17, 15) is 9.59 Å². The Bertz CT molecular complexity index is 694. The summed E-state index contributed by atoms with van der Waals surface area (Å²) >= 11 is 11.9. The minimum atomic E-state index is -1.05. The summed E-state index contributed by atoms with van der Waals surface area (Å²) in [6.45, 7) is -0.310. The number of halogens is 3. The molecule has 0 bridgehead atoms. The summed E-state index contributed by atoms with van der Waals surface area (Å²) < 4.78 is 4.57. The minimum absolute atomic E-state index is 0. The van der Waals surface area contributed by atoms with Crippen LogP contribution in [0.1, 0.15) is 17.2 Å². The van der Waals surface area contributed by atoms with Crippen LogP contribution in [0.3, 0.4) is 0 Å². The molecule has 1 unspecified atom stereocenters. The van der Waals surface area contributed by atoms with E-state index >= 15 is 0 Å². The van der Waals surface area contributed by atoms with Gasteiger partial charge in [0.15, 0.2) is 0 Å². The standard InChI is InChI=1S/C17H17Cl2N3O3.ClH/c18-12-5-1-10(2-6-12)15(11-3-7-13(19)8-4-11)22-16(23)14(20)9-25-17(21)24;/h1-8,14-15H,9,20H2,(H2,21,24)(H,22,23);1H. The maximum Gasteiger partial charge on any atom is 0.404 e. The highest BCUT2D eigenvalue weighted by molar-refractivity contribution is 6.30. The molecular weight excluding hydrogens is 401 g/mol. The third-order valence-corrected chi connectivity index (χ3v) is 3.94. The predicted octanol–water partition coefficient (Wildman–Crippen LogP) is 3.04.